The molecule has 0 amide bonds. The van der Waals surface area contributed by atoms with E-state index in [1.54, 1.807) is 6.07 Å². The zero-order chi connectivity index (χ0) is 14.1. The summed E-state index contributed by atoms with van der Waals surface area (Å²) in [7, 11) is 0. The minimum atomic E-state index is 0.569. The Kier molecular flexibility index (Phi) is 3.77. The van der Waals surface area contributed by atoms with Crippen molar-refractivity contribution in [1.29, 1.82) is 0 Å². The monoisotopic (exact) mass is 307 g/mol. The van der Waals surface area contributed by atoms with Gasteiger partial charge in [-0.15, -0.1) is 0 Å². The third-order valence-electron chi connectivity index (χ3n) is 3.48. The van der Waals surface area contributed by atoms with Gasteiger partial charge in [-0.05, 0) is 36.6 Å². The van der Waals surface area contributed by atoms with Gasteiger partial charge in [-0.2, -0.15) is 0 Å². The number of hydrogen-bond donors (Lipinski definition) is 1. The van der Waals surface area contributed by atoms with Crippen molar-refractivity contribution < 1.29 is 4.74 Å². The number of ether oxygens (including phenoxy) is 1. The molecule has 0 saturated heterocycles. The molecule has 0 atom stereocenters. The van der Waals surface area contributed by atoms with Gasteiger partial charge in [-0.25, -0.2) is 0 Å². The number of halogens is 2. The predicted molar refractivity (Wildman–Crippen MR) is 85.3 cm³/mol. The van der Waals surface area contributed by atoms with Gasteiger partial charge in [0.1, 0.15) is 5.75 Å². The third-order valence-corrected chi connectivity index (χ3v) is 4.09. The molecule has 0 spiro atoms. The highest BCUT2D eigenvalue weighted by atomic mass is 35.5. The lowest BCUT2D eigenvalue weighted by molar-refractivity contribution is 0.340. The molecule has 1 aliphatic heterocycles. The summed E-state index contributed by atoms with van der Waals surface area (Å²) < 4.78 is 5.47. The Morgan fingerprint density at radius 2 is 2.00 bits per heavy atom. The van der Waals surface area contributed by atoms with E-state index in [0.717, 1.165) is 24.1 Å². The van der Waals surface area contributed by atoms with E-state index in [1.807, 2.05) is 19.1 Å². The molecule has 20 heavy (non-hydrogen) atoms. The minimum Gasteiger partial charge on any atom is -0.492 e. The van der Waals surface area contributed by atoms with Crippen LogP contribution in [0.5, 0.6) is 5.75 Å². The number of anilines is 1. The average Bonchev–Trinajstić information content (AvgIpc) is 2.91. The first-order valence-corrected chi connectivity index (χ1v) is 7.44. The molecule has 1 aliphatic rings. The standard InChI is InChI=1S/C16H15Cl2NO/c1-2-20-16-9-13(17)12(8-14(16)18)10-4-3-5-15-11(10)6-7-19-15/h3-5,8-9,19H,2,6-7H2,1H3. The van der Waals surface area contributed by atoms with Crippen molar-refractivity contribution in [3.05, 3.63) is 45.9 Å². The lowest BCUT2D eigenvalue weighted by Crippen LogP contribution is -1.94. The molecule has 1 heterocycles. The summed E-state index contributed by atoms with van der Waals surface area (Å²) in [5, 5.41) is 4.63. The molecule has 3 rings (SSSR count). The largest absolute Gasteiger partial charge is 0.492 e. The van der Waals surface area contributed by atoms with Gasteiger partial charge >= 0.3 is 0 Å². The second-order valence-electron chi connectivity index (χ2n) is 4.70. The third kappa shape index (κ3) is 2.34. The molecule has 2 aromatic carbocycles. The molecule has 2 aromatic rings. The van der Waals surface area contributed by atoms with Crippen molar-refractivity contribution in [2.24, 2.45) is 0 Å². The number of hydrogen-bond acceptors (Lipinski definition) is 2. The zero-order valence-corrected chi connectivity index (χ0v) is 12.7. The quantitative estimate of drug-likeness (QED) is 0.859. The van der Waals surface area contributed by atoms with Crippen molar-refractivity contribution in [2.75, 3.05) is 18.5 Å². The highest BCUT2D eigenvalue weighted by Gasteiger charge is 2.18. The van der Waals surface area contributed by atoms with Crippen molar-refractivity contribution in [2.45, 2.75) is 13.3 Å². The van der Waals surface area contributed by atoms with E-state index in [9.17, 15) is 0 Å². The fourth-order valence-electron chi connectivity index (χ4n) is 2.60. The molecule has 2 nitrogen and oxygen atoms in total. The fraction of sp³-hybridized carbons (Fsp3) is 0.250. The average molecular weight is 308 g/mol. The zero-order valence-electron chi connectivity index (χ0n) is 11.2. The number of fused-ring (bicyclic) bond motifs is 1. The number of nitrogens with one attached hydrogen (secondary N) is 1. The molecule has 0 bridgehead atoms. The lowest BCUT2D eigenvalue weighted by Gasteiger charge is -2.13. The van der Waals surface area contributed by atoms with Gasteiger partial charge in [-0.1, -0.05) is 35.3 Å². The predicted octanol–water partition coefficient (Wildman–Crippen LogP) is 5.03. The molecule has 0 unspecified atom stereocenters. The molecule has 104 valence electrons. The molecular weight excluding hydrogens is 293 g/mol. The van der Waals surface area contributed by atoms with Crippen LogP contribution in [0.4, 0.5) is 5.69 Å². The summed E-state index contributed by atoms with van der Waals surface area (Å²) >= 11 is 12.7. The summed E-state index contributed by atoms with van der Waals surface area (Å²) in [6.07, 6.45) is 1.01. The van der Waals surface area contributed by atoms with Crippen molar-refractivity contribution >= 4 is 28.9 Å². The fourth-order valence-corrected chi connectivity index (χ4v) is 3.07. The lowest BCUT2D eigenvalue weighted by atomic mass is 9.97. The Morgan fingerprint density at radius 1 is 1.15 bits per heavy atom. The molecule has 4 heteroatoms. The van der Waals surface area contributed by atoms with Crippen LogP contribution < -0.4 is 10.1 Å². The summed E-state index contributed by atoms with van der Waals surface area (Å²) in [6.45, 7) is 3.46. The molecule has 0 radical (unpaired) electrons. The Bertz CT molecular complexity index is 655. The van der Waals surface area contributed by atoms with Gasteiger partial charge in [0.2, 0.25) is 0 Å². The smallest absolute Gasteiger partial charge is 0.139 e. The first kappa shape index (κ1) is 13.6. The summed E-state index contributed by atoms with van der Waals surface area (Å²) in [5.74, 6) is 0.633. The van der Waals surface area contributed by atoms with E-state index in [0.29, 0.717) is 22.4 Å². The van der Waals surface area contributed by atoms with Gasteiger partial charge in [0, 0.05) is 23.9 Å². The molecule has 0 fully saturated rings. The Hall–Kier alpha value is -1.38. The maximum Gasteiger partial charge on any atom is 0.139 e. The second kappa shape index (κ2) is 5.55. The van der Waals surface area contributed by atoms with Crippen LogP contribution in [-0.2, 0) is 6.42 Å². The van der Waals surface area contributed by atoms with Crippen LogP contribution in [0.2, 0.25) is 10.0 Å². The maximum absolute atomic E-state index is 6.41. The Balaban J connectivity index is 2.11. The van der Waals surface area contributed by atoms with Crippen molar-refractivity contribution in [3.8, 4) is 16.9 Å². The highest BCUT2D eigenvalue weighted by molar-refractivity contribution is 6.36. The van der Waals surface area contributed by atoms with Gasteiger partial charge in [0.05, 0.1) is 16.7 Å². The Morgan fingerprint density at radius 3 is 2.80 bits per heavy atom. The van der Waals surface area contributed by atoms with E-state index >= 15 is 0 Å². The molecule has 1 N–H and O–H groups in total. The summed E-state index contributed by atoms with van der Waals surface area (Å²) in [6, 6.07) is 9.90. The first-order valence-electron chi connectivity index (χ1n) is 6.68. The van der Waals surface area contributed by atoms with Gasteiger partial charge < -0.3 is 10.1 Å². The minimum absolute atomic E-state index is 0.569. The van der Waals surface area contributed by atoms with E-state index in [2.05, 4.69) is 17.4 Å². The van der Waals surface area contributed by atoms with Crippen LogP contribution in [-0.4, -0.2) is 13.2 Å². The normalized spacial score (nSPS) is 12.9. The van der Waals surface area contributed by atoms with Crippen LogP contribution in [0.1, 0.15) is 12.5 Å². The SMILES string of the molecule is CCOc1cc(Cl)c(-c2cccc3c2CCN3)cc1Cl. The van der Waals surface area contributed by atoms with Crippen LogP contribution in [0.3, 0.4) is 0 Å². The summed E-state index contributed by atoms with van der Waals surface area (Å²) in [4.78, 5) is 0. The van der Waals surface area contributed by atoms with Crippen LogP contribution in [0.25, 0.3) is 11.1 Å². The number of rotatable bonds is 3. The second-order valence-corrected chi connectivity index (χ2v) is 5.52. The van der Waals surface area contributed by atoms with Crippen LogP contribution in [0, 0.1) is 0 Å². The first-order chi connectivity index (χ1) is 9.70. The van der Waals surface area contributed by atoms with Crippen molar-refractivity contribution in [3.63, 3.8) is 0 Å². The number of benzene rings is 2. The topological polar surface area (TPSA) is 21.3 Å². The van der Waals surface area contributed by atoms with E-state index in [-0.39, 0.29) is 0 Å². The highest BCUT2D eigenvalue weighted by Crippen LogP contribution is 2.40. The van der Waals surface area contributed by atoms with Gasteiger partial charge in [0.15, 0.2) is 0 Å². The van der Waals surface area contributed by atoms with Crippen LogP contribution in [0.15, 0.2) is 30.3 Å². The van der Waals surface area contributed by atoms with E-state index in [1.165, 1.54) is 11.3 Å². The van der Waals surface area contributed by atoms with Gasteiger partial charge in [-0.3, -0.25) is 0 Å². The molecular formula is C16H15Cl2NO. The van der Waals surface area contributed by atoms with E-state index < -0.39 is 0 Å². The van der Waals surface area contributed by atoms with Gasteiger partial charge in [0.25, 0.3) is 0 Å². The van der Waals surface area contributed by atoms with E-state index in [4.69, 9.17) is 27.9 Å². The van der Waals surface area contributed by atoms with Crippen molar-refractivity contribution in [1.82, 2.24) is 0 Å². The molecule has 0 saturated carbocycles. The molecule has 0 aromatic heterocycles. The van der Waals surface area contributed by atoms with Crippen LogP contribution >= 0.6 is 23.2 Å². The molecule has 0 aliphatic carbocycles. The summed E-state index contributed by atoms with van der Waals surface area (Å²) in [5.41, 5.74) is 4.58. The maximum atomic E-state index is 6.41. The Labute approximate surface area is 128 Å².